The third kappa shape index (κ3) is 2.36. The van der Waals surface area contributed by atoms with E-state index in [-0.39, 0.29) is 12.5 Å². The third-order valence-corrected chi connectivity index (χ3v) is 2.66. The second-order valence-electron chi connectivity index (χ2n) is 3.56. The highest BCUT2D eigenvalue weighted by atomic mass is 16.2. The second kappa shape index (κ2) is 4.94. The first-order valence-electron chi connectivity index (χ1n) is 5.18. The number of hydrogen-bond acceptors (Lipinski definition) is 2. The molecule has 0 aromatic heterocycles. The van der Waals surface area contributed by atoms with Crippen molar-refractivity contribution < 1.29 is 4.79 Å². The monoisotopic (exact) mass is 206 g/mol. The van der Waals surface area contributed by atoms with E-state index in [1.165, 1.54) is 5.56 Å². The first-order valence-corrected chi connectivity index (χ1v) is 5.18. The Morgan fingerprint density at radius 2 is 2.07 bits per heavy atom. The van der Waals surface area contributed by atoms with Gasteiger partial charge >= 0.3 is 0 Å². The Morgan fingerprint density at radius 1 is 1.40 bits per heavy atom. The van der Waals surface area contributed by atoms with Crippen LogP contribution in [0.1, 0.15) is 18.1 Å². The van der Waals surface area contributed by atoms with Crippen LogP contribution in [0.15, 0.2) is 18.2 Å². The highest BCUT2D eigenvalue weighted by molar-refractivity contribution is 5.95. The SMILES string of the molecule is CCN(C(=O)CN)c1cccc(C)c1C. The molecule has 0 fully saturated rings. The van der Waals surface area contributed by atoms with Gasteiger partial charge in [-0.1, -0.05) is 12.1 Å². The van der Waals surface area contributed by atoms with Crippen molar-refractivity contribution in [1.82, 2.24) is 0 Å². The van der Waals surface area contributed by atoms with Crippen molar-refractivity contribution in [2.45, 2.75) is 20.8 Å². The van der Waals surface area contributed by atoms with Gasteiger partial charge in [-0.3, -0.25) is 4.79 Å². The van der Waals surface area contributed by atoms with Crippen molar-refractivity contribution in [3.05, 3.63) is 29.3 Å². The molecule has 1 rings (SSSR count). The molecule has 3 nitrogen and oxygen atoms in total. The average molecular weight is 206 g/mol. The molecule has 0 aliphatic rings. The average Bonchev–Trinajstić information content (AvgIpc) is 2.24. The van der Waals surface area contributed by atoms with Crippen molar-refractivity contribution in [3.8, 4) is 0 Å². The molecule has 0 spiro atoms. The minimum atomic E-state index is -0.0359. The number of nitrogens with zero attached hydrogens (tertiary/aromatic N) is 1. The lowest BCUT2D eigenvalue weighted by atomic mass is 10.1. The topological polar surface area (TPSA) is 46.3 Å². The Balaban J connectivity index is 3.12. The predicted molar refractivity (Wildman–Crippen MR) is 63.0 cm³/mol. The maximum atomic E-state index is 11.6. The van der Waals surface area contributed by atoms with Gasteiger partial charge in [-0.25, -0.2) is 0 Å². The lowest BCUT2D eigenvalue weighted by molar-refractivity contribution is -0.117. The zero-order chi connectivity index (χ0) is 11.4. The number of anilines is 1. The summed E-state index contributed by atoms with van der Waals surface area (Å²) < 4.78 is 0. The molecule has 0 bridgehead atoms. The number of nitrogens with two attached hydrogens (primary N) is 1. The molecule has 0 radical (unpaired) electrons. The number of amides is 1. The van der Waals surface area contributed by atoms with Gasteiger partial charge in [0.15, 0.2) is 0 Å². The van der Waals surface area contributed by atoms with Gasteiger partial charge in [0.1, 0.15) is 0 Å². The van der Waals surface area contributed by atoms with Crippen LogP contribution in [-0.2, 0) is 4.79 Å². The van der Waals surface area contributed by atoms with E-state index < -0.39 is 0 Å². The zero-order valence-electron chi connectivity index (χ0n) is 9.58. The molecule has 0 saturated carbocycles. The van der Waals surface area contributed by atoms with Crippen molar-refractivity contribution in [2.24, 2.45) is 5.73 Å². The van der Waals surface area contributed by atoms with E-state index >= 15 is 0 Å². The Kier molecular flexibility index (Phi) is 3.86. The van der Waals surface area contributed by atoms with Crippen LogP contribution in [0.4, 0.5) is 5.69 Å². The van der Waals surface area contributed by atoms with E-state index in [2.05, 4.69) is 0 Å². The second-order valence-corrected chi connectivity index (χ2v) is 3.56. The van der Waals surface area contributed by atoms with Crippen LogP contribution in [0.2, 0.25) is 0 Å². The first kappa shape index (κ1) is 11.7. The maximum Gasteiger partial charge on any atom is 0.240 e. The van der Waals surface area contributed by atoms with Crippen LogP contribution in [-0.4, -0.2) is 19.0 Å². The van der Waals surface area contributed by atoms with Crippen LogP contribution >= 0.6 is 0 Å². The number of likely N-dealkylation sites (N-methyl/N-ethyl adjacent to an activating group) is 1. The summed E-state index contributed by atoms with van der Waals surface area (Å²) in [6.45, 7) is 6.73. The van der Waals surface area contributed by atoms with Gasteiger partial charge in [-0.05, 0) is 38.0 Å². The maximum absolute atomic E-state index is 11.6. The highest BCUT2D eigenvalue weighted by Crippen LogP contribution is 2.22. The molecule has 1 aromatic rings. The van der Waals surface area contributed by atoms with E-state index in [9.17, 15) is 4.79 Å². The van der Waals surface area contributed by atoms with E-state index in [0.717, 1.165) is 11.3 Å². The minimum absolute atomic E-state index is 0.0359. The van der Waals surface area contributed by atoms with Crippen molar-refractivity contribution in [3.63, 3.8) is 0 Å². The fourth-order valence-electron chi connectivity index (χ4n) is 1.62. The predicted octanol–water partition coefficient (Wildman–Crippen LogP) is 1.62. The van der Waals surface area contributed by atoms with Gasteiger partial charge in [0.05, 0.1) is 6.54 Å². The number of benzene rings is 1. The summed E-state index contributed by atoms with van der Waals surface area (Å²) in [5.41, 5.74) is 8.68. The normalized spacial score (nSPS) is 10.1. The molecule has 82 valence electrons. The van der Waals surface area contributed by atoms with Gasteiger partial charge < -0.3 is 10.6 Å². The number of hydrogen-bond donors (Lipinski definition) is 1. The van der Waals surface area contributed by atoms with E-state index in [0.29, 0.717) is 6.54 Å². The van der Waals surface area contributed by atoms with Crippen molar-refractivity contribution >= 4 is 11.6 Å². The fraction of sp³-hybridized carbons (Fsp3) is 0.417. The number of aryl methyl sites for hydroxylation is 1. The van der Waals surface area contributed by atoms with E-state index in [4.69, 9.17) is 5.73 Å². The molecular formula is C12H18N2O. The molecule has 0 aliphatic heterocycles. The molecule has 15 heavy (non-hydrogen) atoms. The number of carbonyl (C=O) groups excluding carboxylic acids is 1. The Morgan fingerprint density at radius 3 is 2.60 bits per heavy atom. The molecule has 0 atom stereocenters. The standard InChI is InChI=1S/C12H18N2O/c1-4-14(12(15)8-13)11-7-5-6-9(2)10(11)3/h5-7H,4,8,13H2,1-3H3. The lowest BCUT2D eigenvalue weighted by Gasteiger charge is -2.23. The van der Waals surface area contributed by atoms with Gasteiger partial charge in [0, 0.05) is 12.2 Å². The molecular weight excluding hydrogens is 188 g/mol. The summed E-state index contributed by atoms with van der Waals surface area (Å²) in [6, 6.07) is 5.96. The number of rotatable bonds is 3. The summed E-state index contributed by atoms with van der Waals surface area (Å²) in [6.07, 6.45) is 0. The van der Waals surface area contributed by atoms with Crippen LogP contribution in [0, 0.1) is 13.8 Å². The molecule has 3 heteroatoms. The molecule has 1 aromatic carbocycles. The van der Waals surface area contributed by atoms with Crippen LogP contribution in [0.3, 0.4) is 0 Å². The summed E-state index contributed by atoms with van der Waals surface area (Å²) in [5.74, 6) is -0.0359. The molecule has 2 N–H and O–H groups in total. The molecule has 0 unspecified atom stereocenters. The van der Waals surface area contributed by atoms with Crippen LogP contribution in [0.25, 0.3) is 0 Å². The molecule has 0 aliphatic carbocycles. The van der Waals surface area contributed by atoms with Gasteiger partial charge in [0.2, 0.25) is 5.91 Å². The van der Waals surface area contributed by atoms with E-state index in [1.807, 2.05) is 39.0 Å². The summed E-state index contributed by atoms with van der Waals surface area (Å²) in [4.78, 5) is 13.3. The first-order chi connectivity index (χ1) is 7.11. The highest BCUT2D eigenvalue weighted by Gasteiger charge is 2.14. The Labute approximate surface area is 90.9 Å². The summed E-state index contributed by atoms with van der Waals surface area (Å²) in [5, 5.41) is 0. The summed E-state index contributed by atoms with van der Waals surface area (Å²) in [7, 11) is 0. The fourth-order valence-corrected chi connectivity index (χ4v) is 1.62. The van der Waals surface area contributed by atoms with Crippen molar-refractivity contribution in [2.75, 3.05) is 18.0 Å². The Hall–Kier alpha value is -1.35. The van der Waals surface area contributed by atoms with E-state index in [1.54, 1.807) is 4.90 Å². The summed E-state index contributed by atoms with van der Waals surface area (Å²) >= 11 is 0. The van der Waals surface area contributed by atoms with Crippen LogP contribution in [0.5, 0.6) is 0 Å². The largest absolute Gasteiger partial charge is 0.322 e. The lowest BCUT2D eigenvalue weighted by Crippen LogP contribution is -2.36. The van der Waals surface area contributed by atoms with Gasteiger partial charge in [0.25, 0.3) is 0 Å². The molecule has 0 saturated heterocycles. The molecule has 0 heterocycles. The van der Waals surface area contributed by atoms with Gasteiger partial charge in [-0.2, -0.15) is 0 Å². The van der Waals surface area contributed by atoms with Gasteiger partial charge in [-0.15, -0.1) is 0 Å². The Bertz CT molecular complexity index is 361. The zero-order valence-corrected chi connectivity index (χ0v) is 9.58. The minimum Gasteiger partial charge on any atom is -0.322 e. The van der Waals surface area contributed by atoms with Crippen molar-refractivity contribution in [1.29, 1.82) is 0 Å². The smallest absolute Gasteiger partial charge is 0.240 e. The molecule has 1 amide bonds. The van der Waals surface area contributed by atoms with Crippen LogP contribution < -0.4 is 10.6 Å². The number of carbonyl (C=O) groups is 1. The third-order valence-electron chi connectivity index (χ3n) is 2.66. The quantitative estimate of drug-likeness (QED) is 0.816.